The Bertz CT molecular complexity index is 489. The van der Waals surface area contributed by atoms with Gasteiger partial charge in [0.05, 0.1) is 18.4 Å². The van der Waals surface area contributed by atoms with Crippen molar-refractivity contribution in [3.8, 4) is 0 Å². The molecule has 110 valence electrons. The first-order valence-corrected chi connectivity index (χ1v) is 7.86. The van der Waals surface area contributed by atoms with Crippen molar-refractivity contribution in [1.82, 2.24) is 15.1 Å². The summed E-state index contributed by atoms with van der Waals surface area (Å²) in [5.41, 5.74) is 0.998. The van der Waals surface area contributed by atoms with Crippen molar-refractivity contribution in [3.63, 3.8) is 0 Å². The molecule has 1 aromatic heterocycles. The molecule has 5 nitrogen and oxygen atoms in total. The van der Waals surface area contributed by atoms with Crippen LogP contribution in [0.1, 0.15) is 32.1 Å². The van der Waals surface area contributed by atoms with Crippen LogP contribution in [-0.2, 0) is 6.54 Å². The lowest BCUT2D eigenvalue weighted by Crippen LogP contribution is -2.33. The van der Waals surface area contributed by atoms with E-state index in [4.69, 9.17) is 0 Å². The van der Waals surface area contributed by atoms with E-state index in [1.165, 1.54) is 32.1 Å². The molecule has 1 aliphatic carbocycles. The largest absolute Gasteiger partial charge is 0.370 e. The van der Waals surface area contributed by atoms with Gasteiger partial charge in [0.15, 0.2) is 0 Å². The van der Waals surface area contributed by atoms with Gasteiger partial charge in [-0.25, -0.2) is 4.68 Å². The monoisotopic (exact) mass is 276 g/mol. The Morgan fingerprint density at radius 3 is 2.75 bits per heavy atom. The maximum absolute atomic E-state index is 12.1. The molecule has 0 aromatic carbocycles. The average Bonchev–Trinajstić information content (AvgIpc) is 3.30. The van der Waals surface area contributed by atoms with E-state index in [1.54, 1.807) is 10.7 Å². The molecule has 1 aliphatic heterocycles. The molecule has 2 aliphatic rings. The van der Waals surface area contributed by atoms with E-state index in [0.717, 1.165) is 37.8 Å². The fourth-order valence-electron chi connectivity index (χ4n) is 2.73. The molecule has 1 aromatic rings. The second-order valence-corrected chi connectivity index (χ2v) is 5.97. The smallest absolute Gasteiger partial charge is 0.268 e. The highest BCUT2D eigenvalue weighted by molar-refractivity contribution is 5.43. The molecule has 1 saturated carbocycles. The summed E-state index contributed by atoms with van der Waals surface area (Å²) >= 11 is 0. The first-order chi connectivity index (χ1) is 9.83. The third kappa shape index (κ3) is 3.60. The highest BCUT2D eigenvalue weighted by atomic mass is 16.1. The second-order valence-electron chi connectivity index (χ2n) is 5.97. The van der Waals surface area contributed by atoms with Crippen LogP contribution in [-0.4, -0.2) is 36.0 Å². The van der Waals surface area contributed by atoms with Gasteiger partial charge in [0, 0.05) is 25.7 Å². The van der Waals surface area contributed by atoms with Crippen molar-refractivity contribution in [1.29, 1.82) is 0 Å². The van der Waals surface area contributed by atoms with Crippen molar-refractivity contribution < 1.29 is 0 Å². The fraction of sp³-hybridized carbons (Fsp3) is 0.733. The lowest BCUT2D eigenvalue weighted by molar-refractivity contribution is 0.519. The molecule has 0 spiro atoms. The number of nitrogens with zero attached hydrogens (tertiary/aromatic N) is 3. The van der Waals surface area contributed by atoms with Gasteiger partial charge in [-0.3, -0.25) is 4.79 Å². The third-order valence-electron chi connectivity index (χ3n) is 4.21. The zero-order valence-corrected chi connectivity index (χ0v) is 12.1. The fourth-order valence-corrected chi connectivity index (χ4v) is 2.73. The van der Waals surface area contributed by atoms with Crippen LogP contribution in [0.2, 0.25) is 0 Å². The number of aromatic nitrogens is 2. The van der Waals surface area contributed by atoms with Crippen molar-refractivity contribution in [2.24, 2.45) is 5.92 Å². The van der Waals surface area contributed by atoms with E-state index in [9.17, 15) is 4.79 Å². The number of piperidine rings is 1. The lowest BCUT2D eigenvalue weighted by atomic mass is 10.1. The highest BCUT2D eigenvalue weighted by Crippen LogP contribution is 2.27. The summed E-state index contributed by atoms with van der Waals surface area (Å²) in [6, 6.07) is 1.74. The highest BCUT2D eigenvalue weighted by Gasteiger charge is 2.20. The van der Waals surface area contributed by atoms with Crippen LogP contribution < -0.4 is 15.8 Å². The van der Waals surface area contributed by atoms with E-state index in [1.807, 2.05) is 6.20 Å². The minimum absolute atomic E-state index is 0.0151. The van der Waals surface area contributed by atoms with Gasteiger partial charge in [0.25, 0.3) is 5.56 Å². The van der Waals surface area contributed by atoms with E-state index in [0.29, 0.717) is 6.54 Å². The van der Waals surface area contributed by atoms with E-state index in [2.05, 4.69) is 15.3 Å². The van der Waals surface area contributed by atoms with Crippen molar-refractivity contribution in [2.45, 2.75) is 38.6 Å². The number of nitrogens with one attached hydrogen (secondary N) is 1. The molecule has 0 amide bonds. The van der Waals surface area contributed by atoms with Crippen LogP contribution in [0.4, 0.5) is 5.69 Å². The number of hydrogen-bond donors (Lipinski definition) is 1. The zero-order valence-electron chi connectivity index (χ0n) is 12.1. The zero-order chi connectivity index (χ0) is 13.8. The standard InChI is InChI=1S/C15H24N4O/c20-15-10-14(18-7-2-1-3-8-18)12-17-19(15)9-6-16-11-13-4-5-13/h10,12-13,16H,1-9,11H2. The molecule has 0 atom stereocenters. The lowest BCUT2D eigenvalue weighted by Gasteiger charge is -2.28. The van der Waals surface area contributed by atoms with Crippen LogP contribution in [0.5, 0.6) is 0 Å². The minimum Gasteiger partial charge on any atom is -0.370 e. The minimum atomic E-state index is 0.0151. The molecule has 5 heteroatoms. The van der Waals surface area contributed by atoms with Gasteiger partial charge < -0.3 is 10.2 Å². The Hall–Kier alpha value is -1.36. The van der Waals surface area contributed by atoms with Crippen LogP contribution in [0.15, 0.2) is 17.1 Å². The Morgan fingerprint density at radius 1 is 1.25 bits per heavy atom. The van der Waals surface area contributed by atoms with Gasteiger partial charge in [-0.05, 0) is 44.6 Å². The number of rotatable bonds is 6. The molecule has 2 heterocycles. The average molecular weight is 276 g/mol. The Labute approximate surface area is 120 Å². The quantitative estimate of drug-likeness (QED) is 0.794. The molecule has 0 radical (unpaired) electrons. The second kappa shape index (κ2) is 6.39. The number of hydrogen-bond acceptors (Lipinski definition) is 4. The molecular weight excluding hydrogens is 252 g/mol. The van der Waals surface area contributed by atoms with Crippen LogP contribution >= 0.6 is 0 Å². The van der Waals surface area contributed by atoms with Gasteiger partial charge in [-0.2, -0.15) is 5.10 Å². The third-order valence-corrected chi connectivity index (χ3v) is 4.21. The SMILES string of the molecule is O=c1cc(N2CCCCC2)cnn1CCNCC1CC1. The summed E-state index contributed by atoms with van der Waals surface area (Å²) in [6.07, 6.45) is 8.29. The predicted octanol–water partition coefficient (Wildman–Crippen LogP) is 1.23. The van der Waals surface area contributed by atoms with Crippen LogP contribution in [0.25, 0.3) is 0 Å². The van der Waals surface area contributed by atoms with Crippen molar-refractivity contribution in [3.05, 3.63) is 22.6 Å². The van der Waals surface area contributed by atoms with Gasteiger partial charge >= 0.3 is 0 Å². The van der Waals surface area contributed by atoms with E-state index < -0.39 is 0 Å². The molecule has 3 rings (SSSR count). The summed E-state index contributed by atoms with van der Waals surface area (Å²) in [5.74, 6) is 0.876. The van der Waals surface area contributed by atoms with Gasteiger partial charge in [-0.15, -0.1) is 0 Å². The van der Waals surface area contributed by atoms with E-state index >= 15 is 0 Å². The Balaban J connectivity index is 1.54. The molecule has 20 heavy (non-hydrogen) atoms. The maximum Gasteiger partial charge on any atom is 0.268 e. The summed E-state index contributed by atoms with van der Waals surface area (Å²) in [5, 5.41) is 7.70. The van der Waals surface area contributed by atoms with Gasteiger partial charge in [0.2, 0.25) is 0 Å². The molecule has 1 N–H and O–H groups in total. The molecule has 0 bridgehead atoms. The first-order valence-electron chi connectivity index (χ1n) is 7.86. The molecule has 0 unspecified atom stereocenters. The predicted molar refractivity (Wildman–Crippen MR) is 80.2 cm³/mol. The van der Waals surface area contributed by atoms with Crippen LogP contribution in [0, 0.1) is 5.92 Å². The van der Waals surface area contributed by atoms with Gasteiger partial charge in [-0.1, -0.05) is 0 Å². The topological polar surface area (TPSA) is 50.2 Å². The van der Waals surface area contributed by atoms with E-state index in [-0.39, 0.29) is 5.56 Å². The summed E-state index contributed by atoms with van der Waals surface area (Å²) < 4.78 is 1.56. The Kier molecular flexibility index (Phi) is 4.35. The van der Waals surface area contributed by atoms with Crippen LogP contribution in [0.3, 0.4) is 0 Å². The molecule has 2 fully saturated rings. The Morgan fingerprint density at radius 2 is 2.05 bits per heavy atom. The van der Waals surface area contributed by atoms with Crippen molar-refractivity contribution in [2.75, 3.05) is 31.1 Å². The number of anilines is 1. The summed E-state index contributed by atoms with van der Waals surface area (Å²) in [4.78, 5) is 14.3. The normalized spacial score (nSPS) is 19.3. The van der Waals surface area contributed by atoms with Crippen molar-refractivity contribution >= 4 is 5.69 Å². The summed E-state index contributed by atoms with van der Waals surface area (Å²) in [7, 11) is 0. The van der Waals surface area contributed by atoms with Gasteiger partial charge in [0.1, 0.15) is 0 Å². The molecule has 1 saturated heterocycles. The molecular formula is C15H24N4O. The summed E-state index contributed by atoms with van der Waals surface area (Å²) in [6.45, 7) is 4.67. The maximum atomic E-state index is 12.1. The first kappa shape index (κ1) is 13.6.